The van der Waals surface area contributed by atoms with E-state index in [0.717, 1.165) is 4.70 Å². The van der Waals surface area contributed by atoms with Gasteiger partial charge in [-0.15, -0.1) is 0 Å². The lowest BCUT2D eigenvalue weighted by molar-refractivity contribution is -0.146. The number of anilines is 1. The Morgan fingerprint density at radius 1 is 1.22 bits per heavy atom. The average Bonchev–Trinajstić information content (AvgIpc) is 2.94. The van der Waals surface area contributed by atoms with Gasteiger partial charge in [0.2, 0.25) is 5.91 Å². The summed E-state index contributed by atoms with van der Waals surface area (Å²) in [6.45, 7) is 3.42. The third-order valence-corrected chi connectivity index (χ3v) is 4.94. The fourth-order valence-electron chi connectivity index (χ4n) is 2.44. The molecule has 0 bridgehead atoms. The van der Waals surface area contributed by atoms with Gasteiger partial charge in [0.1, 0.15) is 12.0 Å². The predicted molar refractivity (Wildman–Crippen MR) is 103 cm³/mol. The molecule has 2 rings (SSSR count). The molecule has 4 N–H and O–H groups in total. The molecule has 2 aromatic rings. The molecule has 0 radical (unpaired) electrons. The number of nitrogens with zero attached hydrogens (tertiary/aromatic N) is 1. The van der Waals surface area contributed by atoms with E-state index in [-0.39, 0.29) is 17.6 Å². The Labute approximate surface area is 164 Å². The van der Waals surface area contributed by atoms with Gasteiger partial charge < -0.3 is 20.8 Å². The molecule has 1 aromatic carbocycles. The first-order chi connectivity index (χ1) is 12.7. The van der Waals surface area contributed by atoms with E-state index in [1.165, 1.54) is 11.3 Å². The molecule has 1 amide bonds. The van der Waals surface area contributed by atoms with Gasteiger partial charge in [-0.25, -0.2) is 4.98 Å². The number of hydrogen-bond donors (Lipinski definition) is 4. The van der Waals surface area contributed by atoms with Gasteiger partial charge in [-0.1, -0.05) is 36.8 Å². The highest BCUT2D eigenvalue weighted by Gasteiger charge is 2.29. The summed E-state index contributed by atoms with van der Waals surface area (Å²) in [7, 11) is 0. The van der Waals surface area contributed by atoms with Crippen LogP contribution in [0.2, 0.25) is 5.02 Å². The third kappa shape index (κ3) is 5.88. The first-order valence-corrected chi connectivity index (χ1v) is 9.42. The normalized spacial score (nSPS) is 13.5. The van der Waals surface area contributed by atoms with Crippen molar-refractivity contribution in [2.75, 3.05) is 11.9 Å². The van der Waals surface area contributed by atoms with Gasteiger partial charge in [0.25, 0.3) is 0 Å². The molecular formula is C17H20ClN3O5S. The van der Waals surface area contributed by atoms with E-state index < -0.39 is 29.8 Å². The number of thiazole rings is 1. The van der Waals surface area contributed by atoms with Gasteiger partial charge in [0.15, 0.2) is 5.13 Å². The van der Waals surface area contributed by atoms with Crippen molar-refractivity contribution in [2.45, 2.75) is 26.3 Å². The molecule has 0 aliphatic rings. The number of carboxylic acid groups (broad SMARTS) is 2. The van der Waals surface area contributed by atoms with Crippen molar-refractivity contribution in [3.63, 3.8) is 0 Å². The van der Waals surface area contributed by atoms with Crippen LogP contribution in [0.3, 0.4) is 0 Å². The van der Waals surface area contributed by atoms with E-state index in [1.807, 2.05) is 13.8 Å². The molecule has 146 valence electrons. The molecule has 0 fully saturated rings. The van der Waals surface area contributed by atoms with E-state index in [1.54, 1.807) is 18.2 Å². The number of aliphatic carboxylic acids is 2. The van der Waals surface area contributed by atoms with Gasteiger partial charge in [-0.2, -0.15) is 0 Å². The van der Waals surface area contributed by atoms with Crippen molar-refractivity contribution < 1.29 is 24.6 Å². The number of benzene rings is 1. The summed E-state index contributed by atoms with van der Waals surface area (Å²) in [5.74, 6) is -4.55. The highest BCUT2D eigenvalue weighted by molar-refractivity contribution is 7.22. The summed E-state index contributed by atoms with van der Waals surface area (Å²) in [6.07, 6.45) is 0.321. The molecule has 10 heteroatoms. The van der Waals surface area contributed by atoms with Crippen molar-refractivity contribution >= 4 is 56.1 Å². The topological polar surface area (TPSA) is 129 Å². The zero-order chi connectivity index (χ0) is 20.1. The Bertz CT molecular complexity index is 854. The Morgan fingerprint density at radius 2 is 1.93 bits per heavy atom. The molecular weight excluding hydrogens is 394 g/mol. The van der Waals surface area contributed by atoms with Crippen LogP contribution >= 0.6 is 22.9 Å². The second kappa shape index (κ2) is 9.12. The summed E-state index contributed by atoms with van der Waals surface area (Å²) in [5.41, 5.74) is 0.632. The second-order valence-electron chi connectivity index (χ2n) is 6.44. The summed E-state index contributed by atoms with van der Waals surface area (Å²) in [5, 5.41) is 24.5. The molecule has 8 nitrogen and oxygen atoms in total. The van der Waals surface area contributed by atoms with Crippen molar-refractivity contribution in [3.8, 4) is 0 Å². The van der Waals surface area contributed by atoms with Crippen molar-refractivity contribution in [1.82, 2.24) is 10.3 Å². The number of rotatable bonds is 9. The monoisotopic (exact) mass is 413 g/mol. The van der Waals surface area contributed by atoms with Crippen LogP contribution in [0.4, 0.5) is 5.13 Å². The summed E-state index contributed by atoms with van der Waals surface area (Å²) in [4.78, 5) is 39.3. The van der Waals surface area contributed by atoms with E-state index in [9.17, 15) is 24.6 Å². The maximum Gasteiger partial charge on any atom is 0.320 e. The summed E-state index contributed by atoms with van der Waals surface area (Å²) < 4.78 is 0.755. The van der Waals surface area contributed by atoms with Crippen LogP contribution in [0.25, 0.3) is 10.2 Å². The van der Waals surface area contributed by atoms with Crippen LogP contribution in [0.15, 0.2) is 18.2 Å². The maximum atomic E-state index is 12.4. The number of carboxylic acids is 2. The molecule has 27 heavy (non-hydrogen) atoms. The number of amides is 1. The van der Waals surface area contributed by atoms with Gasteiger partial charge in [0.05, 0.1) is 10.2 Å². The number of carbonyl (C=O) groups excluding carboxylic acids is 1. The molecule has 2 unspecified atom stereocenters. The Kier molecular flexibility index (Phi) is 7.11. The van der Waals surface area contributed by atoms with E-state index in [0.29, 0.717) is 17.0 Å². The molecule has 0 aliphatic carbocycles. The lowest BCUT2D eigenvalue weighted by Crippen LogP contribution is -2.45. The van der Waals surface area contributed by atoms with Crippen molar-refractivity contribution in [2.24, 2.45) is 11.8 Å². The third-order valence-electron chi connectivity index (χ3n) is 3.77. The highest BCUT2D eigenvalue weighted by atomic mass is 35.5. The van der Waals surface area contributed by atoms with Gasteiger partial charge >= 0.3 is 11.9 Å². The van der Waals surface area contributed by atoms with Crippen molar-refractivity contribution in [1.29, 1.82) is 0 Å². The minimum atomic E-state index is -1.45. The van der Waals surface area contributed by atoms with Gasteiger partial charge in [-0.05, 0) is 30.5 Å². The molecule has 0 spiro atoms. The van der Waals surface area contributed by atoms with Crippen LogP contribution in [0, 0.1) is 11.8 Å². The summed E-state index contributed by atoms with van der Waals surface area (Å²) >= 11 is 7.09. The van der Waals surface area contributed by atoms with Crippen LogP contribution in [-0.2, 0) is 14.4 Å². The number of nitrogens with one attached hydrogen (secondary N) is 2. The number of aromatic nitrogens is 1. The fourth-order valence-corrected chi connectivity index (χ4v) is 3.58. The number of halogens is 1. The molecule has 2 atom stereocenters. The minimum Gasteiger partial charge on any atom is -0.481 e. The highest BCUT2D eigenvalue weighted by Crippen LogP contribution is 2.28. The zero-order valence-electron chi connectivity index (χ0n) is 14.7. The van der Waals surface area contributed by atoms with Gasteiger partial charge in [-0.3, -0.25) is 14.4 Å². The Hall–Kier alpha value is -2.23. The average molecular weight is 414 g/mol. The lowest BCUT2D eigenvalue weighted by atomic mass is 10.0. The lowest BCUT2D eigenvalue weighted by Gasteiger charge is -2.19. The number of carbonyl (C=O) groups is 3. The Morgan fingerprint density at radius 3 is 2.52 bits per heavy atom. The first-order valence-electron chi connectivity index (χ1n) is 8.23. The second-order valence-corrected chi connectivity index (χ2v) is 7.91. The molecule has 0 aliphatic heterocycles. The van der Waals surface area contributed by atoms with Crippen LogP contribution in [-0.4, -0.2) is 45.6 Å². The van der Waals surface area contributed by atoms with E-state index >= 15 is 0 Å². The molecule has 0 saturated heterocycles. The number of hydrogen-bond acceptors (Lipinski definition) is 6. The van der Waals surface area contributed by atoms with Crippen LogP contribution in [0.1, 0.15) is 20.3 Å². The molecule has 1 aromatic heterocycles. The first kappa shape index (κ1) is 21.1. The Balaban J connectivity index is 2.07. The molecule has 1 heterocycles. The maximum absolute atomic E-state index is 12.4. The van der Waals surface area contributed by atoms with Crippen LogP contribution in [0.5, 0.6) is 0 Å². The largest absolute Gasteiger partial charge is 0.481 e. The predicted octanol–water partition coefficient (Wildman–Crippen LogP) is 2.68. The standard InChI is InChI=1S/C17H20ClN3O5S/c1-8(2)5-12(16(25)26)19-7-10(15(23)24)14(22)21-17-20-11-4-3-9(18)6-13(11)27-17/h3-4,6,8,10,12,19H,5,7H2,1-2H3,(H,23,24)(H,25,26)(H,20,21,22). The van der Waals surface area contributed by atoms with E-state index in [2.05, 4.69) is 15.6 Å². The smallest absolute Gasteiger partial charge is 0.320 e. The summed E-state index contributed by atoms with van der Waals surface area (Å²) in [6, 6.07) is 4.14. The zero-order valence-corrected chi connectivity index (χ0v) is 16.3. The fraction of sp³-hybridized carbons (Fsp3) is 0.412. The van der Waals surface area contributed by atoms with Crippen molar-refractivity contribution in [3.05, 3.63) is 23.2 Å². The van der Waals surface area contributed by atoms with Gasteiger partial charge in [0, 0.05) is 11.6 Å². The number of fused-ring (bicyclic) bond motifs is 1. The molecule has 0 saturated carbocycles. The quantitative estimate of drug-likeness (QED) is 0.465. The van der Waals surface area contributed by atoms with E-state index in [4.69, 9.17) is 11.6 Å². The van der Waals surface area contributed by atoms with Crippen LogP contribution < -0.4 is 10.6 Å². The SMILES string of the molecule is CC(C)CC(NCC(C(=O)O)C(=O)Nc1nc2ccc(Cl)cc2s1)C(=O)O. The minimum absolute atomic E-state index is 0.102.